The molecule has 0 bridgehead atoms. The number of rotatable bonds is 6. The molecule has 2 heterocycles. The molecule has 7 heteroatoms. The van der Waals surface area contributed by atoms with E-state index in [9.17, 15) is 4.79 Å². The molecule has 3 rings (SSSR count). The van der Waals surface area contributed by atoms with E-state index >= 15 is 0 Å². The van der Waals surface area contributed by atoms with Crippen molar-refractivity contribution in [1.82, 2.24) is 20.5 Å². The third-order valence-corrected chi connectivity index (χ3v) is 3.63. The predicted octanol–water partition coefficient (Wildman–Crippen LogP) is 2.35. The van der Waals surface area contributed by atoms with Crippen LogP contribution < -0.4 is 10.1 Å². The average molecular weight is 326 g/mol. The van der Waals surface area contributed by atoms with Gasteiger partial charge in [0.2, 0.25) is 5.89 Å². The Balaban J connectivity index is 1.56. The van der Waals surface area contributed by atoms with Crippen LogP contribution in [0, 0.1) is 6.92 Å². The number of aryl methyl sites for hydroxylation is 1. The normalized spacial score (nSPS) is 10.6. The molecule has 0 saturated carbocycles. The smallest absolute Gasteiger partial charge is 0.254 e. The van der Waals surface area contributed by atoms with Crippen LogP contribution in [0.3, 0.4) is 0 Å². The van der Waals surface area contributed by atoms with E-state index in [1.165, 1.54) is 6.20 Å². The topological polar surface area (TPSA) is 93.0 Å². The molecule has 3 aromatic rings. The summed E-state index contributed by atoms with van der Waals surface area (Å²) in [5, 5.41) is 9.42. The molecule has 0 spiro atoms. The first-order chi connectivity index (χ1) is 11.7. The molecule has 0 unspecified atom stereocenters. The molecular weight excluding hydrogens is 308 g/mol. The summed E-state index contributed by atoms with van der Waals surface area (Å²) in [6.07, 6.45) is 3.71. The molecule has 0 saturated heterocycles. The summed E-state index contributed by atoms with van der Waals surface area (Å²) in [5.41, 5.74) is 2.95. The van der Waals surface area contributed by atoms with Crippen molar-refractivity contribution in [3.05, 3.63) is 53.7 Å². The van der Waals surface area contributed by atoms with Gasteiger partial charge in [0, 0.05) is 24.2 Å². The molecule has 1 aromatic carbocycles. The molecule has 2 N–H and O–H groups in total. The molecule has 7 nitrogen and oxygen atoms in total. The fourth-order valence-electron chi connectivity index (χ4n) is 2.27. The number of oxazole rings is 1. The Morgan fingerprint density at radius 1 is 1.33 bits per heavy atom. The molecule has 0 radical (unpaired) electrons. The van der Waals surface area contributed by atoms with Gasteiger partial charge in [0.25, 0.3) is 5.91 Å². The van der Waals surface area contributed by atoms with Crippen LogP contribution in [0.5, 0.6) is 5.75 Å². The molecule has 1 amide bonds. The van der Waals surface area contributed by atoms with Crippen LogP contribution in [0.1, 0.15) is 21.7 Å². The molecule has 24 heavy (non-hydrogen) atoms. The van der Waals surface area contributed by atoms with Crippen molar-refractivity contribution in [2.24, 2.45) is 0 Å². The minimum atomic E-state index is -0.153. The fraction of sp³-hybridized carbons (Fsp3) is 0.235. The zero-order chi connectivity index (χ0) is 16.9. The zero-order valence-electron chi connectivity index (χ0n) is 13.5. The number of methoxy groups -OCH3 is 1. The van der Waals surface area contributed by atoms with Crippen molar-refractivity contribution >= 4 is 5.91 Å². The number of carbonyl (C=O) groups is 1. The first-order valence-electron chi connectivity index (χ1n) is 7.54. The van der Waals surface area contributed by atoms with E-state index in [0.717, 1.165) is 22.7 Å². The third-order valence-electron chi connectivity index (χ3n) is 3.63. The second-order valence-corrected chi connectivity index (χ2v) is 5.29. The maximum Gasteiger partial charge on any atom is 0.254 e. The van der Waals surface area contributed by atoms with Crippen LogP contribution in [0.15, 0.2) is 41.1 Å². The van der Waals surface area contributed by atoms with E-state index in [1.807, 2.05) is 24.3 Å². The SMILES string of the molecule is COc1ccc(-c2nc(CCNC(=O)c3cn[nH]c3C)co2)cc1. The minimum Gasteiger partial charge on any atom is -0.497 e. The molecule has 0 fully saturated rings. The number of H-pyrrole nitrogens is 1. The molecule has 0 aliphatic rings. The van der Waals surface area contributed by atoms with Gasteiger partial charge < -0.3 is 14.5 Å². The Kier molecular flexibility index (Phi) is 4.60. The van der Waals surface area contributed by atoms with Gasteiger partial charge in [0.05, 0.1) is 24.6 Å². The van der Waals surface area contributed by atoms with Crippen molar-refractivity contribution < 1.29 is 13.9 Å². The summed E-state index contributed by atoms with van der Waals surface area (Å²) in [5.74, 6) is 1.17. The Bertz CT molecular complexity index is 820. The highest BCUT2D eigenvalue weighted by molar-refractivity contribution is 5.94. The van der Waals surface area contributed by atoms with Crippen molar-refractivity contribution in [1.29, 1.82) is 0 Å². The van der Waals surface area contributed by atoms with Gasteiger partial charge >= 0.3 is 0 Å². The van der Waals surface area contributed by atoms with Gasteiger partial charge in [-0.15, -0.1) is 0 Å². The lowest BCUT2D eigenvalue weighted by Crippen LogP contribution is -2.26. The van der Waals surface area contributed by atoms with Crippen LogP contribution in [-0.4, -0.2) is 34.7 Å². The lowest BCUT2D eigenvalue weighted by Gasteiger charge is -2.02. The van der Waals surface area contributed by atoms with Gasteiger partial charge in [-0.3, -0.25) is 9.89 Å². The monoisotopic (exact) mass is 326 g/mol. The number of nitrogens with one attached hydrogen (secondary N) is 2. The molecule has 0 atom stereocenters. The lowest BCUT2D eigenvalue weighted by atomic mass is 10.2. The molecule has 0 aliphatic carbocycles. The summed E-state index contributed by atoms with van der Waals surface area (Å²) in [6.45, 7) is 2.28. The molecule has 0 aliphatic heterocycles. The second kappa shape index (κ2) is 6.99. The number of aromatic nitrogens is 3. The molecule has 2 aromatic heterocycles. The Morgan fingerprint density at radius 3 is 2.79 bits per heavy atom. The van der Waals surface area contributed by atoms with Gasteiger partial charge in [-0.1, -0.05) is 0 Å². The number of aromatic amines is 1. The van der Waals surface area contributed by atoms with Crippen LogP contribution in [0.25, 0.3) is 11.5 Å². The van der Waals surface area contributed by atoms with E-state index < -0.39 is 0 Å². The number of carbonyl (C=O) groups excluding carboxylic acids is 1. The van der Waals surface area contributed by atoms with Gasteiger partial charge in [0.1, 0.15) is 12.0 Å². The van der Waals surface area contributed by atoms with Crippen molar-refractivity contribution in [2.75, 3.05) is 13.7 Å². The number of nitrogens with zero attached hydrogens (tertiary/aromatic N) is 2. The average Bonchev–Trinajstić information content (AvgIpc) is 3.24. The van der Waals surface area contributed by atoms with Gasteiger partial charge in [-0.05, 0) is 31.2 Å². The number of amides is 1. The molecule has 124 valence electrons. The Labute approximate surface area is 139 Å². The van der Waals surface area contributed by atoms with Gasteiger partial charge in [-0.2, -0.15) is 5.10 Å². The quantitative estimate of drug-likeness (QED) is 0.725. The van der Waals surface area contributed by atoms with Gasteiger partial charge in [0.15, 0.2) is 0 Å². The largest absolute Gasteiger partial charge is 0.497 e. The Morgan fingerprint density at radius 2 is 2.12 bits per heavy atom. The highest BCUT2D eigenvalue weighted by Gasteiger charge is 2.11. The zero-order valence-corrected chi connectivity index (χ0v) is 13.5. The van der Waals surface area contributed by atoms with E-state index in [1.54, 1.807) is 20.3 Å². The summed E-state index contributed by atoms with van der Waals surface area (Å²) in [4.78, 5) is 16.4. The van der Waals surface area contributed by atoms with Gasteiger partial charge in [-0.25, -0.2) is 4.98 Å². The summed E-state index contributed by atoms with van der Waals surface area (Å²) in [6, 6.07) is 7.48. The van der Waals surface area contributed by atoms with E-state index in [4.69, 9.17) is 9.15 Å². The number of hydrogen-bond acceptors (Lipinski definition) is 5. The summed E-state index contributed by atoms with van der Waals surface area (Å²) in [7, 11) is 1.62. The van der Waals surface area contributed by atoms with Crippen molar-refractivity contribution in [2.45, 2.75) is 13.3 Å². The lowest BCUT2D eigenvalue weighted by molar-refractivity contribution is 0.0953. The second-order valence-electron chi connectivity index (χ2n) is 5.29. The maximum absolute atomic E-state index is 12.0. The highest BCUT2D eigenvalue weighted by Crippen LogP contribution is 2.21. The first kappa shape index (κ1) is 15.8. The van der Waals surface area contributed by atoms with Crippen molar-refractivity contribution in [3.8, 4) is 17.2 Å². The minimum absolute atomic E-state index is 0.153. The first-order valence-corrected chi connectivity index (χ1v) is 7.54. The Hall–Kier alpha value is -3.09. The number of hydrogen-bond donors (Lipinski definition) is 2. The van der Waals surface area contributed by atoms with Crippen LogP contribution in [0.4, 0.5) is 0 Å². The standard InChI is InChI=1S/C17H18N4O3/c1-11-15(9-19-21-11)16(22)18-8-7-13-10-24-17(20-13)12-3-5-14(23-2)6-4-12/h3-6,9-10H,7-8H2,1-2H3,(H,18,22)(H,19,21). The molecular formula is C17H18N4O3. The van der Waals surface area contributed by atoms with Crippen LogP contribution in [-0.2, 0) is 6.42 Å². The van der Waals surface area contributed by atoms with Crippen LogP contribution >= 0.6 is 0 Å². The number of ether oxygens (including phenoxy) is 1. The highest BCUT2D eigenvalue weighted by atomic mass is 16.5. The summed E-state index contributed by atoms with van der Waals surface area (Å²) < 4.78 is 10.6. The predicted molar refractivity (Wildman–Crippen MR) is 87.9 cm³/mol. The van der Waals surface area contributed by atoms with E-state index in [-0.39, 0.29) is 5.91 Å². The fourth-order valence-corrected chi connectivity index (χ4v) is 2.27. The number of benzene rings is 1. The summed E-state index contributed by atoms with van der Waals surface area (Å²) >= 11 is 0. The van der Waals surface area contributed by atoms with E-state index in [2.05, 4.69) is 20.5 Å². The third kappa shape index (κ3) is 3.45. The van der Waals surface area contributed by atoms with E-state index in [0.29, 0.717) is 24.4 Å². The van der Waals surface area contributed by atoms with Crippen molar-refractivity contribution in [3.63, 3.8) is 0 Å². The maximum atomic E-state index is 12.0. The van der Waals surface area contributed by atoms with Crippen LogP contribution in [0.2, 0.25) is 0 Å².